The van der Waals surface area contributed by atoms with Gasteiger partial charge in [-0.25, -0.2) is 13.8 Å². The molecule has 0 aliphatic heterocycles. The zero-order chi connectivity index (χ0) is 17.8. The van der Waals surface area contributed by atoms with Crippen LogP contribution in [0.15, 0.2) is 60.8 Å². The molecule has 0 aliphatic rings. The van der Waals surface area contributed by atoms with Gasteiger partial charge in [0.1, 0.15) is 17.5 Å². The normalized spacial score (nSPS) is 10.4. The van der Waals surface area contributed by atoms with Crippen molar-refractivity contribution in [2.75, 3.05) is 10.6 Å². The molecular weight excluding hydrogens is 348 g/mol. The third-order valence-corrected chi connectivity index (χ3v) is 3.67. The van der Waals surface area contributed by atoms with Crippen LogP contribution in [0.5, 0.6) is 0 Å². The third kappa shape index (κ3) is 4.10. The standard InChI is InChI=1S/C18H12ClF2N3O/c19-13-3-1-2-4-15(13)24-18(25)11-5-8-17(22-10-11)23-16-7-6-12(20)9-14(16)21/h1-10H,(H,22,23)(H,24,25). The molecule has 0 spiro atoms. The van der Waals surface area contributed by atoms with E-state index in [-0.39, 0.29) is 11.6 Å². The Kier molecular flexibility index (Phi) is 4.90. The predicted molar refractivity (Wildman–Crippen MR) is 93.3 cm³/mol. The number of aromatic nitrogens is 1. The fourth-order valence-electron chi connectivity index (χ4n) is 2.09. The van der Waals surface area contributed by atoms with Gasteiger partial charge in [-0.05, 0) is 36.4 Å². The highest BCUT2D eigenvalue weighted by Gasteiger charge is 2.10. The number of carbonyl (C=O) groups is 1. The monoisotopic (exact) mass is 359 g/mol. The average molecular weight is 360 g/mol. The summed E-state index contributed by atoms with van der Waals surface area (Å²) in [5, 5.41) is 5.82. The maximum absolute atomic E-state index is 13.6. The van der Waals surface area contributed by atoms with Gasteiger partial charge in [-0.3, -0.25) is 4.79 Å². The fraction of sp³-hybridized carbons (Fsp3) is 0. The van der Waals surface area contributed by atoms with Crippen molar-refractivity contribution in [2.24, 2.45) is 0 Å². The van der Waals surface area contributed by atoms with E-state index >= 15 is 0 Å². The van der Waals surface area contributed by atoms with Crippen LogP contribution in [0.4, 0.5) is 26.0 Å². The maximum Gasteiger partial charge on any atom is 0.257 e. The molecule has 4 nitrogen and oxygen atoms in total. The quantitative estimate of drug-likeness (QED) is 0.688. The van der Waals surface area contributed by atoms with E-state index < -0.39 is 11.6 Å². The van der Waals surface area contributed by atoms with E-state index in [4.69, 9.17) is 11.6 Å². The minimum absolute atomic E-state index is 0.0853. The van der Waals surface area contributed by atoms with Crippen molar-refractivity contribution in [1.29, 1.82) is 0 Å². The van der Waals surface area contributed by atoms with Gasteiger partial charge in [0.2, 0.25) is 0 Å². The number of nitrogens with zero attached hydrogens (tertiary/aromatic N) is 1. The van der Waals surface area contributed by atoms with Crippen molar-refractivity contribution in [2.45, 2.75) is 0 Å². The largest absolute Gasteiger partial charge is 0.338 e. The summed E-state index contributed by atoms with van der Waals surface area (Å²) in [6.07, 6.45) is 1.34. The summed E-state index contributed by atoms with van der Waals surface area (Å²) in [6, 6.07) is 13.1. The lowest BCUT2D eigenvalue weighted by Crippen LogP contribution is -2.12. The number of halogens is 3. The smallest absolute Gasteiger partial charge is 0.257 e. The number of amides is 1. The summed E-state index contributed by atoms with van der Waals surface area (Å²) in [5.74, 6) is -1.45. The number of hydrogen-bond acceptors (Lipinski definition) is 3. The minimum Gasteiger partial charge on any atom is -0.338 e. The van der Waals surface area contributed by atoms with Crippen LogP contribution >= 0.6 is 11.6 Å². The summed E-state index contributed by atoms with van der Waals surface area (Å²) in [4.78, 5) is 16.3. The molecule has 0 aliphatic carbocycles. The third-order valence-electron chi connectivity index (χ3n) is 3.34. The van der Waals surface area contributed by atoms with Gasteiger partial charge in [-0.1, -0.05) is 23.7 Å². The van der Waals surface area contributed by atoms with Crippen LogP contribution < -0.4 is 10.6 Å². The van der Waals surface area contributed by atoms with Crippen molar-refractivity contribution in [3.63, 3.8) is 0 Å². The molecule has 1 amide bonds. The number of hydrogen-bond donors (Lipinski definition) is 2. The zero-order valence-corrected chi connectivity index (χ0v) is 13.5. The molecule has 0 unspecified atom stereocenters. The zero-order valence-electron chi connectivity index (χ0n) is 12.8. The van der Waals surface area contributed by atoms with Gasteiger partial charge >= 0.3 is 0 Å². The van der Waals surface area contributed by atoms with Gasteiger partial charge < -0.3 is 10.6 Å². The molecule has 1 heterocycles. The van der Waals surface area contributed by atoms with Crippen LogP contribution in [0.1, 0.15) is 10.4 Å². The summed E-state index contributed by atoms with van der Waals surface area (Å²) in [7, 11) is 0. The Morgan fingerprint density at radius 3 is 2.48 bits per heavy atom. The van der Waals surface area contributed by atoms with E-state index in [0.29, 0.717) is 22.1 Å². The van der Waals surface area contributed by atoms with Crippen LogP contribution in [-0.4, -0.2) is 10.9 Å². The molecule has 0 radical (unpaired) electrons. The fourth-order valence-corrected chi connectivity index (χ4v) is 2.27. The van der Waals surface area contributed by atoms with Crippen molar-refractivity contribution in [3.05, 3.63) is 83.0 Å². The Morgan fingerprint density at radius 1 is 1.00 bits per heavy atom. The number of benzene rings is 2. The van der Waals surface area contributed by atoms with Crippen LogP contribution in [0, 0.1) is 11.6 Å². The first-order valence-electron chi connectivity index (χ1n) is 7.27. The molecule has 0 bridgehead atoms. The Hall–Kier alpha value is -2.99. The van der Waals surface area contributed by atoms with Crippen molar-refractivity contribution in [1.82, 2.24) is 4.98 Å². The first kappa shape index (κ1) is 16.9. The van der Waals surface area contributed by atoms with E-state index in [1.165, 1.54) is 24.4 Å². The molecule has 126 valence electrons. The molecule has 3 rings (SSSR count). The predicted octanol–water partition coefficient (Wildman–Crippen LogP) is 5.01. The summed E-state index contributed by atoms with van der Waals surface area (Å²) >= 11 is 5.99. The van der Waals surface area contributed by atoms with E-state index in [9.17, 15) is 13.6 Å². The molecule has 0 saturated carbocycles. The second kappa shape index (κ2) is 7.27. The second-order valence-corrected chi connectivity index (χ2v) is 5.52. The number of nitrogens with one attached hydrogen (secondary N) is 2. The number of rotatable bonds is 4. The van der Waals surface area contributed by atoms with Crippen LogP contribution in [0.2, 0.25) is 5.02 Å². The van der Waals surface area contributed by atoms with Crippen LogP contribution in [0.3, 0.4) is 0 Å². The molecular formula is C18H12ClF2N3O. The highest BCUT2D eigenvalue weighted by Crippen LogP contribution is 2.22. The number of para-hydroxylation sites is 1. The van der Waals surface area contributed by atoms with Crippen LogP contribution in [-0.2, 0) is 0 Å². The van der Waals surface area contributed by atoms with Crippen molar-refractivity contribution < 1.29 is 13.6 Å². The van der Waals surface area contributed by atoms with E-state index in [0.717, 1.165) is 12.1 Å². The molecule has 25 heavy (non-hydrogen) atoms. The van der Waals surface area contributed by atoms with Gasteiger partial charge in [0.15, 0.2) is 0 Å². The molecule has 3 aromatic rings. The van der Waals surface area contributed by atoms with E-state index in [1.54, 1.807) is 24.3 Å². The highest BCUT2D eigenvalue weighted by molar-refractivity contribution is 6.33. The van der Waals surface area contributed by atoms with Gasteiger partial charge in [-0.15, -0.1) is 0 Å². The number of anilines is 3. The Balaban J connectivity index is 1.71. The first-order valence-corrected chi connectivity index (χ1v) is 7.65. The molecule has 0 fully saturated rings. The van der Waals surface area contributed by atoms with E-state index in [2.05, 4.69) is 15.6 Å². The molecule has 1 aromatic heterocycles. The van der Waals surface area contributed by atoms with Crippen molar-refractivity contribution >= 4 is 34.7 Å². The first-order chi connectivity index (χ1) is 12.0. The molecule has 2 N–H and O–H groups in total. The molecule has 7 heteroatoms. The van der Waals surface area contributed by atoms with Gasteiger partial charge in [0.05, 0.1) is 22.0 Å². The number of carbonyl (C=O) groups excluding carboxylic acids is 1. The Labute approximate surface area is 147 Å². The summed E-state index contributed by atoms with van der Waals surface area (Å²) in [5.41, 5.74) is 0.886. The van der Waals surface area contributed by atoms with Gasteiger partial charge in [0, 0.05) is 12.3 Å². The molecule has 2 aromatic carbocycles. The van der Waals surface area contributed by atoms with Gasteiger partial charge in [-0.2, -0.15) is 0 Å². The summed E-state index contributed by atoms with van der Waals surface area (Å²) < 4.78 is 26.5. The lowest BCUT2D eigenvalue weighted by Gasteiger charge is -2.09. The van der Waals surface area contributed by atoms with Gasteiger partial charge in [0.25, 0.3) is 5.91 Å². The molecule has 0 saturated heterocycles. The SMILES string of the molecule is O=C(Nc1ccccc1Cl)c1ccc(Nc2ccc(F)cc2F)nc1. The lowest BCUT2D eigenvalue weighted by molar-refractivity contribution is 0.102. The van der Waals surface area contributed by atoms with E-state index in [1.807, 2.05) is 0 Å². The lowest BCUT2D eigenvalue weighted by atomic mass is 10.2. The Morgan fingerprint density at radius 2 is 1.80 bits per heavy atom. The highest BCUT2D eigenvalue weighted by atomic mass is 35.5. The topological polar surface area (TPSA) is 54.0 Å². The second-order valence-electron chi connectivity index (χ2n) is 5.12. The van der Waals surface area contributed by atoms with Crippen LogP contribution in [0.25, 0.3) is 0 Å². The van der Waals surface area contributed by atoms with Crippen molar-refractivity contribution in [3.8, 4) is 0 Å². The minimum atomic E-state index is -0.734. The maximum atomic E-state index is 13.6. The molecule has 0 atom stereocenters. The number of pyridine rings is 1. The average Bonchev–Trinajstić information content (AvgIpc) is 2.60. The summed E-state index contributed by atoms with van der Waals surface area (Å²) in [6.45, 7) is 0. The Bertz CT molecular complexity index is 916.